The normalized spacial score (nSPS) is 22.0. The molecule has 0 aliphatic heterocycles. The van der Waals surface area contributed by atoms with E-state index in [1.807, 2.05) is 13.8 Å². The van der Waals surface area contributed by atoms with E-state index in [9.17, 15) is 14.7 Å². The highest BCUT2D eigenvalue weighted by molar-refractivity contribution is 5.78. The van der Waals surface area contributed by atoms with Crippen molar-refractivity contribution in [3.63, 3.8) is 0 Å². The van der Waals surface area contributed by atoms with Gasteiger partial charge in [-0.15, -0.1) is 0 Å². The third kappa shape index (κ3) is 3.83. The van der Waals surface area contributed by atoms with E-state index in [1.165, 1.54) is 0 Å². The van der Waals surface area contributed by atoms with Crippen molar-refractivity contribution in [1.29, 1.82) is 0 Å². The maximum Gasteiger partial charge on any atom is 0.308 e. The minimum atomic E-state index is -0.814. The number of carboxylic acid groups (broad SMARTS) is 1. The molecule has 1 heterocycles. The summed E-state index contributed by atoms with van der Waals surface area (Å²) < 4.78 is 5.07. The first-order valence-electron chi connectivity index (χ1n) is 7.43. The summed E-state index contributed by atoms with van der Waals surface area (Å²) in [6.45, 7) is 3.68. The molecule has 2 unspecified atom stereocenters. The molecule has 1 amide bonds. The van der Waals surface area contributed by atoms with Gasteiger partial charge in [-0.3, -0.25) is 9.59 Å². The lowest BCUT2D eigenvalue weighted by molar-refractivity contribution is -0.144. The summed E-state index contributed by atoms with van der Waals surface area (Å²) in [5, 5.41) is 15.9. The Morgan fingerprint density at radius 3 is 2.67 bits per heavy atom. The first-order chi connectivity index (χ1) is 9.99. The third-order valence-electron chi connectivity index (χ3n) is 4.21. The van der Waals surface area contributed by atoms with E-state index in [4.69, 9.17) is 4.52 Å². The summed E-state index contributed by atoms with van der Waals surface area (Å²) in [6.07, 6.45) is 4.17. The lowest BCUT2D eigenvalue weighted by atomic mass is 9.84. The van der Waals surface area contributed by atoms with Crippen molar-refractivity contribution < 1.29 is 19.2 Å². The zero-order chi connectivity index (χ0) is 15.4. The Kier molecular flexibility index (Phi) is 4.98. The van der Waals surface area contributed by atoms with Gasteiger partial charge in [0.05, 0.1) is 11.6 Å². The van der Waals surface area contributed by atoms with Crippen molar-refractivity contribution in [3.05, 3.63) is 17.0 Å². The molecule has 1 aromatic heterocycles. The molecule has 1 fully saturated rings. The fourth-order valence-corrected chi connectivity index (χ4v) is 2.98. The van der Waals surface area contributed by atoms with Crippen molar-refractivity contribution in [2.75, 3.05) is 0 Å². The predicted molar refractivity (Wildman–Crippen MR) is 75.8 cm³/mol. The van der Waals surface area contributed by atoms with Crippen LogP contribution < -0.4 is 5.32 Å². The molecule has 1 aliphatic carbocycles. The number of aryl methyl sites for hydroxylation is 2. The van der Waals surface area contributed by atoms with Crippen LogP contribution in [0.3, 0.4) is 0 Å². The number of aliphatic carboxylic acids is 1. The minimum absolute atomic E-state index is 0.104. The Morgan fingerprint density at radius 1 is 1.33 bits per heavy atom. The lowest BCUT2D eigenvalue weighted by Crippen LogP contribution is -2.45. The Hall–Kier alpha value is -1.85. The average Bonchev–Trinajstić information content (AvgIpc) is 2.76. The Labute approximate surface area is 123 Å². The van der Waals surface area contributed by atoms with Crippen LogP contribution in [0.5, 0.6) is 0 Å². The summed E-state index contributed by atoms with van der Waals surface area (Å²) in [6, 6.07) is -0.242. The van der Waals surface area contributed by atoms with Crippen molar-refractivity contribution in [2.24, 2.45) is 5.92 Å². The molecule has 6 heteroatoms. The molecule has 6 nitrogen and oxygen atoms in total. The standard InChI is InChI=1S/C15H22N2O4/c1-9-11(10(2)21-17-9)7-8-14(18)16-13-6-4-3-5-12(13)15(19)20/h12-13H,3-8H2,1-2H3,(H,16,18)(H,19,20). The van der Waals surface area contributed by atoms with Gasteiger partial charge in [-0.1, -0.05) is 18.0 Å². The molecule has 0 saturated heterocycles. The highest BCUT2D eigenvalue weighted by Crippen LogP contribution is 2.25. The zero-order valence-corrected chi connectivity index (χ0v) is 12.5. The molecule has 0 bridgehead atoms. The summed E-state index contributed by atoms with van der Waals surface area (Å²) >= 11 is 0. The number of hydrogen-bond acceptors (Lipinski definition) is 4. The third-order valence-corrected chi connectivity index (χ3v) is 4.21. The van der Waals surface area contributed by atoms with Crippen molar-refractivity contribution >= 4 is 11.9 Å². The second-order valence-electron chi connectivity index (χ2n) is 5.71. The number of nitrogens with zero attached hydrogens (tertiary/aromatic N) is 1. The van der Waals surface area contributed by atoms with Gasteiger partial charge in [0.25, 0.3) is 0 Å². The van der Waals surface area contributed by atoms with Crippen LogP contribution in [-0.4, -0.2) is 28.2 Å². The van der Waals surface area contributed by atoms with Crippen LogP contribution >= 0.6 is 0 Å². The summed E-state index contributed by atoms with van der Waals surface area (Å²) in [5.41, 5.74) is 1.77. The Bertz CT molecular complexity index is 504. The fraction of sp³-hybridized carbons (Fsp3) is 0.667. The summed E-state index contributed by atoms with van der Waals surface area (Å²) in [4.78, 5) is 23.3. The van der Waals surface area contributed by atoms with Crippen LogP contribution in [0.1, 0.15) is 49.1 Å². The number of aromatic nitrogens is 1. The maximum absolute atomic E-state index is 12.0. The maximum atomic E-state index is 12.0. The topological polar surface area (TPSA) is 92.4 Å². The number of amides is 1. The molecular weight excluding hydrogens is 272 g/mol. The molecular formula is C15H22N2O4. The monoisotopic (exact) mass is 294 g/mol. The second kappa shape index (κ2) is 6.74. The molecule has 1 aromatic rings. The van der Waals surface area contributed by atoms with Gasteiger partial charge in [-0.2, -0.15) is 0 Å². The predicted octanol–water partition coefficient (Wildman–Crippen LogP) is 1.98. The first-order valence-corrected chi connectivity index (χ1v) is 7.43. The molecule has 1 saturated carbocycles. The summed E-state index contributed by atoms with van der Waals surface area (Å²) in [5.74, 6) is -0.637. The van der Waals surface area contributed by atoms with Crippen LogP contribution in [0.15, 0.2) is 4.52 Å². The van der Waals surface area contributed by atoms with Gasteiger partial charge in [0.15, 0.2) is 0 Å². The van der Waals surface area contributed by atoms with Gasteiger partial charge in [0.1, 0.15) is 5.76 Å². The smallest absolute Gasteiger partial charge is 0.308 e. The van der Waals surface area contributed by atoms with E-state index in [0.29, 0.717) is 19.3 Å². The second-order valence-corrected chi connectivity index (χ2v) is 5.71. The first kappa shape index (κ1) is 15.5. The summed E-state index contributed by atoms with van der Waals surface area (Å²) in [7, 11) is 0. The fourth-order valence-electron chi connectivity index (χ4n) is 2.98. The van der Waals surface area contributed by atoms with Crippen LogP contribution in [0.2, 0.25) is 0 Å². The zero-order valence-electron chi connectivity index (χ0n) is 12.5. The van der Waals surface area contributed by atoms with Gasteiger partial charge in [0, 0.05) is 18.0 Å². The van der Waals surface area contributed by atoms with Gasteiger partial charge < -0.3 is 14.9 Å². The molecule has 2 N–H and O–H groups in total. The van der Waals surface area contributed by atoms with Crippen molar-refractivity contribution in [3.8, 4) is 0 Å². The van der Waals surface area contributed by atoms with Crippen LogP contribution in [0.25, 0.3) is 0 Å². The Morgan fingerprint density at radius 2 is 2.05 bits per heavy atom. The molecule has 0 spiro atoms. The molecule has 1 aliphatic rings. The molecule has 0 radical (unpaired) electrons. The minimum Gasteiger partial charge on any atom is -0.481 e. The van der Waals surface area contributed by atoms with Gasteiger partial charge in [0.2, 0.25) is 5.91 Å². The number of carbonyl (C=O) groups is 2. The van der Waals surface area contributed by atoms with Crippen LogP contribution in [0.4, 0.5) is 0 Å². The van der Waals surface area contributed by atoms with E-state index >= 15 is 0 Å². The number of nitrogens with one attached hydrogen (secondary N) is 1. The Balaban J connectivity index is 1.87. The quantitative estimate of drug-likeness (QED) is 0.866. The lowest BCUT2D eigenvalue weighted by Gasteiger charge is -2.29. The average molecular weight is 294 g/mol. The molecule has 116 valence electrons. The van der Waals surface area contributed by atoms with Gasteiger partial charge in [-0.05, 0) is 33.1 Å². The van der Waals surface area contributed by atoms with Gasteiger partial charge >= 0.3 is 5.97 Å². The number of hydrogen-bond donors (Lipinski definition) is 2. The van der Waals surface area contributed by atoms with E-state index in [1.54, 1.807) is 0 Å². The van der Waals surface area contributed by atoms with E-state index in [-0.39, 0.29) is 11.9 Å². The van der Waals surface area contributed by atoms with Crippen molar-refractivity contribution in [2.45, 2.75) is 58.4 Å². The molecule has 21 heavy (non-hydrogen) atoms. The van der Waals surface area contributed by atoms with E-state index in [0.717, 1.165) is 36.3 Å². The number of carbonyl (C=O) groups excluding carboxylic acids is 1. The van der Waals surface area contributed by atoms with Crippen LogP contribution in [-0.2, 0) is 16.0 Å². The molecule has 0 aromatic carbocycles. The largest absolute Gasteiger partial charge is 0.481 e. The SMILES string of the molecule is Cc1noc(C)c1CCC(=O)NC1CCCCC1C(=O)O. The van der Waals surface area contributed by atoms with Crippen molar-refractivity contribution in [1.82, 2.24) is 10.5 Å². The highest BCUT2D eigenvalue weighted by Gasteiger charge is 2.31. The van der Waals surface area contributed by atoms with Crippen LogP contribution in [0, 0.1) is 19.8 Å². The molecule has 2 atom stereocenters. The van der Waals surface area contributed by atoms with E-state index in [2.05, 4.69) is 10.5 Å². The van der Waals surface area contributed by atoms with Gasteiger partial charge in [-0.25, -0.2) is 0 Å². The number of carboxylic acids is 1. The number of rotatable bonds is 5. The highest BCUT2D eigenvalue weighted by atomic mass is 16.5. The molecule has 2 rings (SSSR count). The van der Waals surface area contributed by atoms with E-state index < -0.39 is 11.9 Å².